The topological polar surface area (TPSA) is 30.2 Å². The molecule has 4 heteroatoms. The Labute approximate surface area is 106 Å². The van der Waals surface area contributed by atoms with Crippen molar-refractivity contribution in [3.05, 3.63) is 70.4 Å². The van der Waals surface area contributed by atoms with Crippen LogP contribution in [-0.4, -0.2) is 0 Å². The van der Waals surface area contributed by atoms with Crippen LogP contribution in [0.25, 0.3) is 22.3 Å². The fourth-order valence-electron chi connectivity index (χ4n) is 1.92. The number of halogens is 2. The number of hydrogen-bond donors (Lipinski definition) is 0. The molecular weight excluding hydrogens is 250 g/mol. The van der Waals surface area contributed by atoms with Crippen molar-refractivity contribution in [3.63, 3.8) is 0 Å². The summed E-state index contributed by atoms with van der Waals surface area (Å²) in [7, 11) is 0. The summed E-state index contributed by atoms with van der Waals surface area (Å²) in [6.07, 6.45) is 0. The molecule has 3 aromatic rings. The zero-order valence-corrected chi connectivity index (χ0v) is 9.69. The molecule has 0 amide bonds. The van der Waals surface area contributed by atoms with Crippen LogP contribution in [0.4, 0.5) is 8.78 Å². The summed E-state index contributed by atoms with van der Waals surface area (Å²) in [6, 6.07) is 10.8. The van der Waals surface area contributed by atoms with E-state index in [9.17, 15) is 13.6 Å². The third-order valence-corrected chi connectivity index (χ3v) is 2.83. The van der Waals surface area contributed by atoms with E-state index in [-0.39, 0.29) is 22.3 Å². The molecule has 0 saturated carbocycles. The predicted molar refractivity (Wildman–Crippen MR) is 67.8 cm³/mol. The van der Waals surface area contributed by atoms with E-state index in [1.807, 2.05) is 0 Å². The molecule has 0 aliphatic carbocycles. The molecule has 0 spiro atoms. The minimum absolute atomic E-state index is 0.127. The highest BCUT2D eigenvalue weighted by atomic mass is 19.1. The molecule has 0 aliphatic heterocycles. The Hall–Kier alpha value is -2.49. The maximum Gasteiger partial charge on any atom is 0.193 e. The lowest BCUT2D eigenvalue weighted by molar-refractivity contribution is 0.591. The van der Waals surface area contributed by atoms with Gasteiger partial charge in [0, 0.05) is 6.07 Å². The van der Waals surface area contributed by atoms with Gasteiger partial charge in [-0.15, -0.1) is 0 Å². The molecule has 1 heterocycles. The normalized spacial score (nSPS) is 10.8. The molecule has 0 saturated heterocycles. The average Bonchev–Trinajstić information content (AvgIpc) is 2.40. The standard InChI is InChI=1S/C15H8F2O2/c16-9-5-6-14-11(7-9)13(18)8-15(19-14)10-3-1-2-4-12(10)17/h1-8H. The van der Waals surface area contributed by atoms with Gasteiger partial charge in [0.05, 0.1) is 10.9 Å². The van der Waals surface area contributed by atoms with Gasteiger partial charge in [-0.25, -0.2) is 8.78 Å². The van der Waals surface area contributed by atoms with E-state index in [1.54, 1.807) is 12.1 Å². The summed E-state index contributed by atoms with van der Waals surface area (Å²) >= 11 is 0. The second-order valence-corrected chi connectivity index (χ2v) is 4.10. The van der Waals surface area contributed by atoms with Crippen LogP contribution in [-0.2, 0) is 0 Å². The highest BCUT2D eigenvalue weighted by molar-refractivity contribution is 5.78. The van der Waals surface area contributed by atoms with Crippen LogP contribution >= 0.6 is 0 Å². The fourth-order valence-corrected chi connectivity index (χ4v) is 1.92. The van der Waals surface area contributed by atoms with Gasteiger partial charge in [-0.3, -0.25) is 4.79 Å². The van der Waals surface area contributed by atoms with E-state index in [0.29, 0.717) is 0 Å². The summed E-state index contributed by atoms with van der Waals surface area (Å²) in [6.45, 7) is 0. The quantitative estimate of drug-likeness (QED) is 0.665. The molecule has 2 aromatic carbocycles. The Morgan fingerprint density at radius 3 is 2.53 bits per heavy atom. The second-order valence-electron chi connectivity index (χ2n) is 4.10. The van der Waals surface area contributed by atoms with E-state index in [1.165, 1.54) is 30.3 Å². The minimum atomic E-state index is -0.515. The van der Waals surface area contributed by atoms with Crippen LogP contribution in [0.2, 0.25) is 0 Å². The highest BCUT2D eigenvalue weighted by Crippen LogP contribution is 2.24. The first-order valence-corrected chi connectivity index (χ1v) is 5.63. The molecule has 94 valence electrons. The van der Waals surface area contributed by atoms with Gasteiger partial charge in [-0.1, -0.05) is 12.1 Å². The van der Waals surface area contributed by atoms with E-state index < -0.39 is 17.1 Å². The van der Waals surface area contributed by atoms with Crippen LogP contribution in [0.15, 0.2) is 57.7 Å². The van der Waals surface area contributed by atoms with Crippen molar-refractivity contribution in [2.45, 2.75) is 0 Å². The van der Waals surface area contributed by atoms with Gasteiger partial charge in [-0.05, 0) is 30.3 Å². The van der Waals surface area contributed by atoms with Gasteiger partial charge in [0.25, 0.3) is 0 Å². The van der Waals surface area contributed by atoms with Gasteiger partial charge in [0.1, 0.15) is 23.0 Å². The van der Waals surface area contributed by atoms with Gasteiger partial charge in [0.15, 0.2) is 5.43 Å². The Bertz CT molecular complexity index is 822. The lowest BCUT2D eigenvalue weighted by Crippen LogP contribution is -2.01. The molecule has 0 aliphatic rings. The van der Waals surface area contributed by atoms with E-state index in [4.69, 9.17) is 4.42 Å². The average molecular weight is 258 g/mol. The van der Waals surface area contributed by atoms with E-state index in [2.05, 4.69) is 0 Å². The first kappa shape index (κ1) is 11.6. The van der Waals surface area contributed by atoms with Crippen molar-refractivity contribution < 1.29 is 13.2 Å². The molecule has 2 nitrogen and oxygen atoms in total. The Morgan fingerprint density at radius 1 is 0.947 bits per heavy atom. The molecule has 1 aromatic heterocycles. The van der Waals surface area contributed by atoms with Crippen LogP contribution in [0, 0.1) is 11.6 Å². The number of fused-ring (bicyclic) bond motifs is 1. The van der Waals surface area contributed by atoms with Gasteiger partial charge in [0.2, 0.25) is 0 Å². The monoisotopic (exact) mass is 258 g/mol. The fraction of sp³-hybridized carbons (Fsp3) is 0. The predicted octanol–water partition coefficient (Wildman–Crippen LogP) is 3.74. The Morgan fingerprint density at radius 2 is 1.74 bits per heavy atom. The maximum absolute atomic E-state index is 13.6. The SMILES string of the molecule is O=c1cc(-c2ccccc2F)oc2ccc(F)cc12. The lowest BCUT2D eigenvalue weighted by atomic mass is 10.1. The number of rotatable bonds is 1. The largest absolute Gasteiger partial charge is 0.456 e. The summed E-state index contributed by atoms with van der Waals surface area (Å²) in [5.41, 5.74) is 0.0250. The summed E-state index contributed by atoms with van der Waals surface area (Å²) in [5, 5.41) is 0.139. The van der Waals surface area contributed by atoms with Gasteiger partial charge < -0.3 is 4.42 Å². The Kier molecular flexibility index (Phi) is 2.63. The van der Waals surface area contributed by atoms with Crippen LogP contribution in [0.1, 0.15) is 0 Å². The molecule has 0 bridgehead atoms. The summed E-state index contributed by atoms with van der Waals surface area (Å²) < 4.78 is 32.2. The zero-order valence-electron chi connectivity index (χ0n) is 9.69. The van der Waals surface area contributed by atoms with E-state index in [0.717, 1.165) is 6.07 Å². The number of hydrogen-bond acceptors (Lipinski definition) is 2. The molecule has 3 rings (SSSR count). The first-order chi connectivity index (χ1) is 9.15. The third kappa shape index (κ3) is 2.01. The van der Waals surface area contributed by atoms with Crippen molar-refractivity contribution in [1.82, 2.24) is 0 Å². The molecule has 0 N–H and O–H groups in total. The molecule has 0 atom stereocenters. The summed E-state index contributed by atoms with van der Waals surface area (Å²) in [5.74, 6) is -0.868. The third-order valence-electron chi connectivity index (χ3n) is 2.83. The maximum atomic E-state index is 13.6. The van der Waals surface area contributed by atoms with Gasteiger partial charge >= 0.3 is 0 Å². The highest BCUT2D eigenvalue weighted by Gasteiger charge is 2.10. The lowest BCUT2D eigenvalue weighted by Gasteiger charge is -2.04. The van der Waals surface area contributed by atoms with Crippen molar-refractivity contribution >= 4 is 11.0 Å². The van der Waals surface area contributed by atoms with E-state index >= 15 is 0 Å². The van der Waals surface area contributed by atoms with Gasteiger partial charge in [-0.2, -0.15) is 0 Å². The first-order valence-electron chi connectivity index (χ1n) is 5.63. The molecule has 19 heavy (non-hydrogen) atoms. The minimum Gasteiger partial charge on any atom is -0.456 e. The van der Waals surface area contributed by atoms with Crippen LogP contribution < -0.4 is 5.43 Å². The van der Waals surface area contributed by atoms with Crippen LogP contribution in [0.5, 0.6) is 0 Å². The van der Waals surface area contributed by atoms with Crippen molar-refractivity contribution in [1.29, 1.82) is 0 Å². The summed E-state index contributed by atoms with van der Waals surface area (Å²) in [4.78, 5) is 11.9. The smallest absolute Gasteiger partial charge is 0.193 e. The second kappa shape index (κ2) is 4.31. The van der Waals surface area contributed by atoms with Crippen LogP contribution in [0.3, 0.4) is 0 Å². The molecular formula is C15H8F2O2. The Balaban J connectivity index is 2.31. The molecule has 0 fully saturated rings. The van der Waals surface area contributed by atoms with Crippen molar-refractivity contribution in [2.75, 3.05) is 0 Å². The number of benzene rings is 2. The molecule has 0 unspecified atom stereocenters. The zero-order chi connectivity index (χ0) is 13.4. The molecule has 0 radical (unpaired) electrons. The van der Waals surface area contributed by atoms with Crippen molar-refractivity contribution in [2.24, 2.45) is 0 Å². The van der Waals surface area contributed by atoms with Crippen molar-refractivity contribution in [3.8, 4) is 11.3 Å².